The molecule has 0 radical (unpaired) electrons. The molecule has 0 spiro atoms. The third-order valence-electron chi connectivity index (χ3n) is 2.89. The Bertz CT molecular complexity index is 465. The lowest BCUT2D eigenvalue weighted by molar-refractivity contribution is -0.140. The first-order valence-corrected chi connectivity index (χ1v) is 6.38. The van der Waals surface area contributed by atoms with Crippen molar-refractivity contribution in [2.24, 2.45) is 5.92 Å². The number of para-hydroxylation sites is 1. The van der Waals surface area contributed by atoms with Gasteiger partial charge in [-0.2, -0.15) is 0 Å². The van der Waals surface area contributed by atoms with Gasteiger partial charge in [-0.15, -0.1) is 0 Å². The highest BCUT2D eigenvalue weighted by molar-refractivity contribution is 6.33. The maximum absolute atomic E-state index is 11.8. The third-order valence-corrected chi connectivity index (χ3v) is 3.22. The minimum absolute atomic E-state index is 0.158. The Labute approximate surface area is 117 Å². The number of carboxylic acids is 1. The van der Waals surface area contributed by atoms with Crippen molar-refractivity contribution >= 4 is 29.3 Å². The van der Waals surface area contributed by atoms with Gasteiger partial charge in [0.2, 0.25) is 0 Å². The van der Waals surface area contributed by atoms with E-state index < -0.39 is 18.0 Å². The van der Waals surface area contributed by atoms with E-state index in [9.17, 15) is 9.59 Å². The largest absolute Gasteiger partial charge is 0.480 e. The van der Waals surface area contributed by atoms with E-state index in [0.29, 0.717) is 17.1 Å². The summed E-state index contributed by atoms with van der Waals surface area (Å²) in [5.74, 6) is -1.21. The zero-order valence-corrected chi connectivity index (χ0v) is 11.6. The van der Waals surface area contributed by atoms with Gasteiger partial charge in [-0.1, -0.05) is 44.0 Å². The third kappa shape index (κ3) is 4.44. The molecule has 5 nitrogen and oxygen atoms in total. The van der Waals surface area contributed by atoms with E-state index in [0.717, 1.165) is 0 Å². The topological polar surface area (TPSA) is 78.4 Å². The number of hydrogen-bond donors (Lipinski definition) is 3. The zero-order chi connectivity index (χ0) is 14.4. The molecule has 0 saturated carbocycles. The highest BCUT2D eigenvalue weighted by Crippen LogP contribution is 2.20. The number of benzene rings is 1. The molecular formula is C13H17ClN2O3. The summed E-state index contributed by atoms with van der Waals surface area (Å²) >= 11 is 5.90. The van der Waals surface area contributed by atoms with Crippen molar-refractivity contribution in [2.75, 3.05) is 5.32 Å². The van der Waals surface area contributed by atoms with Crippen molar-refractivity contribution in [1.82, 2.24) is 5.32 Å². The Morgan fingerprint density at radius 2 is 2.00 bits per heavy atom. The number of amides is 2. The van der Waals surface area contributed by atoms with E-state index in [2.05, 4.69) is 10.6 Å². The Morgan fingerprint density at radius 3 is 2.53 bits per heavy atom. The molecule has 0 bridgehead atoms. The summed E-state index contributed by atoms with van der Waals surface area (Å²) in [7, 11) is 0. The zero-order valence-electron chi connectivity index (χ0n) is 10.8. The van der Waals surface area contributed by atoms with E-state index in [-0.39, 0.29) is 5.92 Å². The van der Waals surface area contributed by atoms with Crippen LogP contribution < -0.4 is 10.6 Å². The first kappa shape index (κ1) is 15.3. The van der Waals surface area contributed by atoms with Gasteiger partial charge in [0.25, 0.3) is 0 Å². The minimum Gasteiger partial charge on any atom is -0.480 e. The lowest BCUT2D eigenvalue weighted by atomic mass is 9.99. The monoisotopic (exact) mass is 284 g/mol. The van der Waals surface area contributed by atoms with Crippen molar-refractivity contribution < 1.29 is 14.7 Å². The van der Waals surface area contributed by atoms with Gasteiger partial charge in [-0.05, 0) is 18.1 Å². The Kier molecular flexibility index (Phi) is 5.63. The molecule has 1 aromatic carbocycles. The summed E-state index contributed by atoms with van der Waals surface area (Å²) in [6, 6.07) is 5.24. The van der Waals surface area contributed by atoms with Crippen molar-refractivity contribution in [3.8, 4) is 0 Å². The molecule has 0 unspecified atom stereocenters. The summed E-state index contributed by atoms with van der Waals surface area (Å²) < 4.78 is 0. The van der Waals surface area contributed by atoms with Crippen LogP contribution in [0.1, 0.15) is 20.3 Å². The van der Waals surface area contributed by atoms with Crippen LogP contribution in [0.4, 0.5) is 10.5 Å². The van der Waals surface area contributed by atoms with E-state index in [1.165, 1.54) is 0 Å². The second-order valence-electron chi connectivity index (χ2n) is 4.28. The van der Waals surface area contributed by atoms with Crippen LogP contribution >= 0.6 is 11.6 Å². The van der Waals surface area contributed by atoms with E-state index in [1.54, 1.807) is 31.2 Å². The van der Waals surface area contributed by atoms with Gasteiger partial charge < -0.3 is 15.7 Å². The number of aliphatic carboxylic acids is 1. The van der Waals surface area contributed by atoms with Crippen LogP contribution in [0.5, 0.6) is 0 Å². The Hall–Kier alpha value is -1.75. The van der Waals surface area contributed by atoms with E-state index >= 15 is 0 Å². The number of urea groups is 1. The molecule has 0 aliphatic carbocycles. The first-order chi connectivity index (χ1) is 8.95. The standard InChI is InChI=1S/C13H17ClN2O3/c1-3-8(2)11(12(17)18)16-13(19)15-10-7-5-4-6-9(10)14/h4-8,11H,3H2,1-2H3,(H,17,18)(H2,15,16,19)/t8-,11+/m1/s1. The van der Waals surface area contributed by atoms with Gasteiger partial charge in [0.1, 0.15) is 6.04 Å². The molecule has 1 rings (SSSR count). The van der Waals surface area contributed by atoms with Gasteiger partial charge in [0, 0.05) is 0 Å². The molecule has 3 N–H and O–H groups in total. The lowest BCUT2D eigenvalue weighted by Gasteiger charge is -2.20. The van der Waals surface area contributed by atoms with Gasteiger partial charge in [-0.3, -0.25) is 0 Å². The van der Waals surface area contributed by atoms with Crippen molar-refractivity contribution in [1.29, 1.82) is 0 Å². The van der Waals surface area contributed by atoms with Gasteiger partial charge in [-0.25, -0.2) is 9.59 Å². The lowest BCUT2D eigenvalue weighted by Crippen LogP contribution is -2.46. The maximum Gasteiger partial charge on any atom is 0.326 e. The van der Waals surface area contributed by atoms with Crippen LogP contribution in [0.2, 0.25) is 5.02 Å². The fourth-order valence-corrected chi connectivity index (χ4v) is 1.73. The number of carbonyl (C=O) groups is 2. The second kappa shape index (κ2) is 6.99. The SMILES string of the molecule is CC[C@@H](C)[C@H](NC(=O)Nc1ccccc1Cl)C(=O)O. The van der Waals surface area contributed by atoms with Crippen LogP contribution in [0.25, 0.3) is 0 Å². The molecule has 0 fully saturated rings. The van der Waals surface area contributed by atoms with E-state index in [4.69, 9.17) is 16.7 Å². The smallest absolute Gasteiger partial charge is 0.326 e. The molecule has 1 aromatic rings. The minimum atomic E-state index is -1.05. The highest BCUT2D eigenvalue weighted by atomic mass is 35.5. The summed E-state index contributed by atoms with van der Waals surface area (Å²) in [5.41, 5.74) is 0.440. The number of halogens is 1. The van der Waals surface area contributed by atoms with Crippen molar-refractivity contribution in [3.05, 3.63) is 29.3 Å². The molecular weight excluding hydrogens is 268 g/mol. The molecule has 0 aliphatic heterocycles. The molecule has 2 atom stereocenters. The number of nitrogens with one attached hydrogen (secondary N) is 2. The fourth-order valence-electron chi connectivity index (χ4n) is 1.55. The van der Waals surface area contributed by atoms with E-state index in [1.807, 2.05) is 6.92 Å². The molecule has 104 valence electrons. The van der Waals surface area contributed by atoms with Crippen LogP contribution in [0.15, 0.2) is 24.3 Å². The number of anilines is 1. The van der Waals surface area contributed by atoms with Crippen LogP contribution in [-0.4, -0.2) is 23.1 Å². The Morgan fingerprint density at radius 1 is 1.37 bits per heavy atom. The molecule has 0 aliphatic rings. The molecule has 0 aromatic heterocycles. The number of carboxylic acid groups (broad SMARTS) is 1. The fraction of sp³-hybridized carbons (Fsp3) is 0.385. The highest BCUT2D eigenvalue weighted by Gasteiger charge is 2.25. The molecule has 19 heavy (non-hydrogen) atoms. The number of rotatable bonds is 5. The summed E-state index contributed by atoms with van der Waals surface area (Å²) in [6.07, 6.45) is 0.656. The first-order valence-electron chi connectivity index (χ1n) is 6.00. The summed E-state index contributed by atoms with van der Waals surface area (Å²) in [4.78, 5) is 22.8. The second-order valence-corrected chi connectivity index (χ2v) is 4.69. The van der Waals surface area contributed by atoms with Crippen molar-refractivity contribution in [3.63, 3.8) is 0 Å². The normalized spacial score (nSPS) is 13.4. The molecule has 2 amide bonds. The van der Waals surface area contributed by atoms with Crippen LogP contribution in [0.3, 0.4) is 0 Å². The number of hydrogen-bond acceptors (Lipinski definition) is 2. The molecule has 6 heteroatoms. The molecule has 0 saturated heterocycles. The predicted molar refractivity (Wildman–Crippen MR) is 74.5 cm³/mol. The summed E-state index contributed by atoms with van der Waals surface area (Å²) in [5, 5.41) is 14.4. The van der Waals surface area contributed by atoms with Gasteiger partial charge >= 0.3 is 12.0 Å². The quantitative estimate of drug-likeness (QED) is 0.778. The Balaban J connectivity index is 2.68. The van der Waals surface area contributed by atoms with Gasteiger partial charge in [0.15, 0.2) is 0 Å². The van der Waals surface area contributed by atoms with Crippen molar-refractivity contribution in [2.45, 2.75) is 26.3 Å². The summed E-state index contributed by atoms with van der Waals surface area (Å²) in [6.45, 7) is 3.64. The van der Waals surface area contributed by atoms with Crippen LogP contribution in [0, 0.1) is 5.92 Å². The molecule has 0 heterocycles. The predicted octanol–water partition coefficient (Wildman–Crippen LogP) is 2.96. The maximum atomic E-state index is 11.8. The average molecular weight is 285 g/mol. The average Bonchev–Trinajstić information content (AvgIpc) is 2.37. The van der Waals surface area contributed by atoms with Crippen LogP contribution in [-0.2, 0) is 4.79 Å². The number of carbonyl (C=O) groups excluding carboxylic acids is 1. The van der Waals surface area contributed by atoms with Gasteiger partial charge in [0.05, 0.1) is 10.7 Å².